The summed E-state index contributed by atoms with van der Waals surface area (Å²) < 4.78 is 29.9. The summed E-state index contributed by atoms with van der Waals surface area (Å²) in [4.78, 5) is 26.1. The Labute approximate surface area is 269 Å². The minimum atomic E-state index is -3.94. The Morgan fingerprint density at radius 2 is 1.67 bits per heavy atom. The van der Waals surface area contributed by atoms with Gasteiger partial charge in [0.1, 0.15) is 5.82 Å². The minimum absolute atomic E-state index is 0.0554. The van der Waals surface area contributed by atoms with Crippen molar-refractivity contribution in [2.45, 2.75) is 4.90 Å². The number of carbonyl (C=O) groups is 1. The largest absolute Gasteiger partial charge is 0.395 e. The van der Waals surface area contributed by atoms with Gasteiger partial charge in [0.15, 0.2) is 5.13 Å². The molecule has 232 valence electrons. The van der Waals surface area contributed by atoms with Crippen molar-refractivity contribution in [2.24, 2.45) is 0 Å². The number of hydrogen-bond donors (Lipinski definition) is 4. The van der Waals surface area contributed by atoms with Crippen LogP contribution < -0.4 is 15.4 Å². The summed E-state index contributed by atoms with van der Waals surface area (Å²) in [6.45, 7) is 3.17. The highest BCUT2D eigenvalue weighted by atomic mass is 35.5. The maximum atomic E-state index is 13.3. The molecule has 45 heavy (non-hydrogen) atoms. The quantitative estimate of drug-likeness (QED) is 0.155. The van der Waals surface area contributed by atoms with Gasteiger partial charge in [-0.2, -0.15) is 0 Å². The van der Waals surface area contributed by atoms with Crippen LogP contribution in [0.4, 0.5) is 28.0 Å². The number of nitrogens with one attached hydrogen (secondary N) is 3. The highest BCUT2D eigenvalue weighted by Gasteiger charge is 2.24. The fraction of sp³-hybridized carbons (Fsp3) is 0.194. The Hall–Kier alpha value is -4.27. The van der Waals surface area contributed by atoms with Crippen molar-refractivity contribution in [3.05, 3.63) is 95.6 Å². The first-order valence-corrected chi connectivity index (χ1v) is 16.9. The number of sulfonamides is 1. The van der Waals surface area contributed by atoms with Crippen LogP contribution in [-0.2, 0) is 10.0 Å². The van der Waals surface area contributed by atoms with Crippen LogP contribution in [0.5, 0.6) is 0 Å². The average molecular weight is 664 g/mol. The van der Waals surface area contributed by atoms with Gasteiger partial charge in [-0.1, -0.05) is 41.1 Å². The molecule has 1 amide bonds. The summed E-state index contributed by atoms with van der Waals surface area (Å²) in [5.41, 5.74) is 3.13. The third-order valence-corrected chi connectivity index (χ3v) is 10.2. The van der Waals surface area contributed by atoms with Gasteiger partial charge in [0.25, 0.3) is 15.9 Å². The number of benzene rings is 3. The summed E-state index contributed by atoms with van der Waals surface area (Å²) in [7, 11) is -3.94. The molecule has 6 rings (SSSR count). The van der Waals surface area contributed by atoms with E-state index in [0.29, 0.717) is 60.3 Å². The highest BCUT2D eigenvalue weighted by molar-refractivity contribution is 7.93. The third-order valence-electron chi connectivity index (χ3n) is 7.32. The zero-order valence-electron chi connectivity index (χ0n) is 24.0. The van der Waals surface area contributed by atoms with Gasteiger partial charge in [-0.15, -0.1) is 0 Å². The number of rotatable bonds is 10. The molecular formula is C31H30ClN7O4S2. The smallest absolute Gasteiger partial charge is 0.263 e. The lowest BCUT2D eigenvalue weighted by molar-refractivity contribution is 0.0615. The predicted molar refractivity (Wildman–Crippen MR) is 179 cm³/mol. The van der Waals surface area contributed by atoms with Crippen molar-refractivity contribution >= 4 is 77.1 Å². The van der Waals surface area contributed by atoms with E-state index in [1.165, 1.54) is 23.5 Å². The number of aromatic nitrogens is 2. The van der Waals surface area contributed by atoms with Crippen LogP contribution in [-0.4, -0.2) is 78.5 Å². The molecule has 0 unspecified atom stereocenters. The molecule has 1 aliphatic heterocycles. The zero-order valence-corrected chi connectivity index (χ0v) is 26.4. The van der Waals surface area contributed by atoms with E-state index in [9.17, 15) is 18.3 Å². The van der Waals surface area contributed by atoms with Crippen LogP contribution in [0.2, 0.25) is 5.02 Å². The number of carbonyl (C=O) groups excluding carboxylic acids is 1. The van der Waals surface area contributed by atoms with Gasteiger partial charge in [0.2, 0.25) is 0 Å². The van der Waals surface area contributed by atoms with E-state index in [1.54, 1.807) is 41.4 Å². The predicted octanol–water partition coefficient (Wildman–Crippen LogP) is 5.38. The van der Waals surface area contributed by atoms with Gasteiger partial charge in [0, 0.05) is 44.6 Å². The Kier molecular flexibility index (Phi) is 9.14. The fourth-order valence-electron chi connectivity index (χ4n) is 4.99. The van der Waals surface area contributed by atoms with Crippen molar-refractivity contribution < 1.29 is 18.3 Å². The lowest BCUT2D eigenvalue weighted by atomic mass is 10.2. The third kappa shape index (κ3) is 7.02. The molecule has 3 heterocycles. The summed E-state index contributed by atoms with van der Waals surface area (Å²) in [6, 6.07) is 22.5. The van der Waals surface area contributed by atoms with Gasteiger partial charge in [-0.3, -0.25) is 14.4 Å². The molecule has 3 aromatic carbocycles. The van der Waals surface area contributed by atoms with Gasteiger partial charge in [-0.05, 0) is 60.7 Å². The van der Waals surface area contributed by atoms with Gasteiger partial charge >= 0.3 is 0 Å². The minimum Gasteiger partial charge on any atom is -0.395 e. The first-order chi connectivity index (χ1) is 21.8. The van der Waals surface area contributed by atoms with Crippen LogP contribution in [0.1, 0.15) is 10.4 Å². The molecular weight excluding hydrogens is 634 g/mol. The number of amides is 1. The van der Waals surface area contributed by atoms with E-state index >= 15 is 0 Å². The van der Waals surface area contributed by atoms with Crippen LogP contribution in [0.3, 0.4) is 0 Å². The van der Waals surface area contributed by atoms with E-state index in [0.717, 1.165) is 16.1 Å². The van der Waals surface area contributed by atoms with Crippen molar-refractivity contribution in [3.8, 4) is 0 Å². The number of aliphatic hydroxyl groups excluding tert-OH is 1. The lowest BCUT2D eigenvalue weighted by Crippen LogP contribution is -2.49. The summed E-state index contributed by atoms with van der Waals surface area (Å²) in [5.74, 6) is 0.239. The summed E-state index contributed by atoms with van der Waals surface area (Å²) in [6.07, 6.45) is 1.59. The second kappa shape index (κ2) is 13.4. The first-order valence-electron chi connectivity index (χ1n) is 14.2. The van der Waals surface area contributed by atoms with Crippen LogP contribution in [0.25, 0.3) is 10.2 Å². The molecule has 11 nitrogen and oxygen atoms in total. The van der Waals surface area contributed by atoms with E-state index in [4.69, 9.17) is 11.6 Å². The Balaban J connectivity index is 1.15. The molecule has 0 spiro atoms. The average Bonchev–Trinajstić information content (AvgIpc) is 3.46. The number of hydrogen-bond acceptors (Lipinski definition) is 10. The maximum Gasteiger partial charge on any atom is 0.263 e. The van der Waals surface area contributed by atoms with Gasteiger partial charge in [0.05, 0.1) is 43.7 Å². The molecule has 14 heteroatoms. The molecule has 1 aliphatic rings. The number of halogens is 1. The maximum absolute atomic E-state index is 13.3. The van der Waals surface area contributed by atoms with Gasteiger partial charge in [-0.25, -0.2) is 18.4 Å². The second-order valence-electron chi connectivity index (χ2n) is 10.3. The Morgan fingerprint density at radius 3 is 2.42 bits per heavy atom. The normalized spacial score (nSPS) is 14.0. The molecule has 0 saturated carbocycles. The van der Waals surface area contributed by atoms with E-state index in [1.807, 2.05) is 36.4 Å². The van der Waals surface area contributed by atoms with E-state index < -0.39 is 10.0 Å². The van der Waals surface area contributed by atoms with Crippen molar-refractivity contribution in [1.82, 2.24) is 19.8 Å². The van der Waals surface area contributed by atoms with Crippen molar-refractivity contribution in [3.63, 3.8) is 0 Å². The molecule has 0 radical (unpaired) electrons. The molecule has 0 bridgehead atoms. The van der Waals surface area contributed by atoms with E-state index in [-0.39, 0.29) is 22.5 Å². The van der Waals surface area contributed by atoms with E-state index in [2.05, 4.69) is 30.2 Å². The number of pyridine rings is 1. The van der Waals surface area contributed by atoms with Crippen LogP contribution in [0.15, 0.2) is 90.0 Å². The zero-order chi connectivity index (χ0) is 31.4. The topological polar surface area (TPSA) is 140 Å². The van der Waals surface area contributed by atoms with Crippen LogP contribution >= 0.6 is 22.9 Å². The molecule has 2 aromatic heterocycles. The Morgan fingerprint density at radius 1 is 0.911 bits per heavy atom. The number of thiazole rings is 1. The van der Waals surface area contributed by atoms with Crippen molar-refractivity contribution in [1.29, 1.82) is 0 Å². The second-order valence-corrected chi connectivity index (χ2v) is 13.4. The molecule has 0 aliphatic carbocycles. The molecule has 1 saturated heterocycles. The summed E-state index contributed by atoms with van der Waals surface area (Å²) in [5, 5.41) is 16.4. The first kappa shape index (κ1) is 30.7. The SMILES string of the molecule is O=C(c1cccnc1Nc1ccc(S(=O)(=O)Nc2nc3cccc(Nc4ccccc4Cl)c3s2)cc1)N1CCN(CCO)CC1. The van der Waals surface area contributed by atoms with Crippen LogP contribution in [0, 0.1) is 0 Å². The number of anilines is 5. The Bertz CT molecular complexity index is 1930. The van der Waals surface area contributed by atoms with Crippen molar-refractivity contribution in [2.75, 3.05) is 54.7 Å². The number of para-hydroxylation sites is 1. The molecule has 0 atom stereocenters. The standard InChI is InChI=1S/C31H30ClN7O4S2/c32-24-6-1-2-7-25(24)35-26-8-3-9-27-28(26)44-31(36-27)37-45(42,43)22-12-10-21(11-13-22)34-29-23(5-4-14-33-29)30(41)39-17-15-38(16-18-39)19-20-40/h1-14,35,40H,15-20H2,(H,33,34)(H,36,37). The fourth-order valence-corrected chi connectivity index (χ4v) is 7.34. The molecule has 4 N–H and O–H groups in total. The lowest BCUT2D eigenvalue weighted by Gasteiger charge is -2.34. The van der Waals surface area contributed by atoms with Gasteiger partial charge < -0.3 is 20.6 Å². The number of piperazine rings is 1. The number of fused-ring (bicyclic) bond motifs is 1. The molecule has 5 aromatic rings. The molecule has 1 fully saturated rings. The highest BCUT2D eigenvalue weighted by Crippen LogP contribution is 2.36. The number of nitrogens with zero attached hydrogens (tertiary/aromatic N) is 4. The number of β-amino-alcohol motifs (C(OH)–C–C–N with tert-alkyl or cyclic N) is 1. The number of aliphatic hydroxyl groups is 1. The summed E-state index contributed by atoms with van der Waals surface area (Å²) >= 11 is 7.53. The monoisotopic (exact) mass is 663 g/mol.